The second-order valence-corrected chi connectivity index (χ2v) is 10.7. The highest BCUT2D eigenvalue weighted by molar-refractivity contribution is 7.99. The standard InChI is InChI=1S/C27H34ClN5O2S/c1-6-33-25(23(15-17(2)3)30-26(35)21-9-7-8-10-22(21)28)31-32-27(33)36-16-24(34)29-20-13-11-19(12-14-20)18(4)5/h7-14,17-18,23H,6,15-16H2,1-5H3,(H,29,34)(H,30,35)/t23-/m1/s1. The Kier molecular flexibility index (Phi) is 9.96. The van der Waals surface area contributed by atoms with Crippen molar-refractivity contribution in [2.24, 2.45) is 5.92 Å². The molecule has 1 atom stereocenters. The topological polar surface area (TPSA) is 88.9 Å². The second kappa shape index (κ2) is 12.9. The van der Waals surface area contributed by atoms with Gasteiger partial charge in [-0.2, -0.15) is 0 Å². The number of halogens is 1. The van der Waals surface area contributed by atoms with E-state index in [4.69, 9.17) is 11.6 Å². The molecule has 0 fully saturated rings. The van der Waals surface area contributed by atoms with Crippen LogP contribution < -0.4 is 10.6 Å². The number of aromatic nitrogens is 3. The molecule has 0 aliphatic carbocycles. The Morgan fingerprint density at radius 2 is 1.72 bits per heavy atom. The van der Waals surface area contributed by atoms with Crippen LogP contribution in [0.3, 0.4) is 0 Å². The predicted octanol–water partition coefficient (Wildman–Crippen LogP) is 6.32. The smallest absolute Gasteiger partial charge is 0.253 e. The van der Waals surface area contributed by atoms with Gasteiger partial charge in [0.2, 0.25) is 5.91 Å². The summed E-state index contributed by atoms with van der Waals surface area (Å²) in [7, 11) is 0. The molecular weight excluding hydrogens is 494 g/mol. The molecule has 36 heavy (non-hydrogen) atoms. The van der Waals surface area contributed by atoms with Gasteiger partial charge < -0.3 is 15.2 Å². The third kappa shape index (κ3) is 7.34. The first-order chi connectivity index (χ1) is 17.2. The quantitative estimate of drug-likeness (QED) is 0.285. The van der Waals surface area contributed by atoms with Gasteiger partial charge in [0.05, 0.1) is 22.4 Å². The summed E-state index contributed by atoms with van der Waals surface area (Å²) >= 11 is 7.56. The summed E-state index contributed by atoms with van der Waals surface area (Å²) in [5, 5.41) is 15.8. The molecule has 192 valence electrons. The van der Waals surface area contributed by atoms with Gasteiger partial charge in [-0.3, -0.25) is 9.59 Å². The highest BCUT2D eigenvalue weighted by atomic mass is 35.5. The zero-order chi connectivity index (χ0) is 26.2. The van der Waals surface area contributed by atoms with Crippen molar-refractivity contribution in [1.29, 1.82) is 0 Å². The van der Waals surface area contributed by atoms with Crippen LogP contribution in [-0.2, 0) is 11.3 Å². The minimum absolute atomic E-state index is 0.116. The summed E-state index contributed by atoms with van der Waals surface area (Å²) in [4.78, 5) is 25.5. The largest absolute Gasteiger partial charge is 0.342 e. The van der Waals surface area contributed by atoms with Gasteiger partial charge in [0.1, 0.15) is 0 Å². The number of amides is 2. The zero-order valence-corrected chi connectivity index (χ0v) is 23.0. The molecule has 0 bridgehead atoms. The molecule has 0 saturated carbocycles. The molecule has 2 amide bonds. The molecule has 0 aliphatic rings. The van der Waals surface area contributed by atoms with Crippen LogP contribution in [0.15, 0.2) is 53.7 Å². The molecule has 1 aromatic heterocycles. The van der Waals surface area contributed by atoms with E-state index in [1.165, 1.54) is 17.3 Å². The van der Waals surface area contributed by atoms with Crippen LogP contribution in [0.5, 0.6) is 0 Å². The van der Waals surface area contributed by atoms with E-state index in [1.807, 2.05) is 35.8 Å². The van der Waals surface area contributed by atoms with Gasteiger partial charge in [-0.15, -0.1) is 10.2 Å². The monoisotopic (exact) mass is 527 g/mol. The van der Waals surface area contributed by atoms with Crippen molar-refractivity contribution in [3.63, 3.8) is 0 Å². The van der Waals surface area contributed by atoms with E-state index in [2.05, 4.69) is 48.5 Å². The molecule has 3 aromatic rings. The van der Waals surface area contributed by atoms with E-state index >= 15 is 0 Å². The van der Waals surface area contributed by atoms with E-state index in [0.29, 0.717) is 46.4 Å². The van der Waals surface area contributed by atoms with Crippen molar-refractivity contribution in [1.82, 2.24) is 20.1 Å². The molecular formula is C27H34ClN5O2S. The molecule has 0 unspecified atom stereocenters. The molecule has 0 spiro atoms. The molecule has 9 heteroatoms. The Morgan fingerprint density at radius 3 is 2.33 bits per heavy atom. The highest BCUT2D eigenvalue weighted by Crippen LogP contribution is 2.26. The lowest BCUT2D eigenvalue weighted by atomic mass is 10.0. The van der Waals surface area contributed by atoms with E-state index < -0.39 is 0 Å². The number of carbonyl (C=O) groups excluding carboxylic acids is 2. The van der Waals surface area contributed by atoms with Crippen LogP contribution in [0, 0.1) is 5.92 Å². The first-order valence-corrected chi connectivity index (χ1v) is 13.6. The molecule has 2 N–H and O–H groups in total. The first kappa shape index (κ1) is 27.7. The number of nitrogens with one attached hydrogen (secondary N) is 2. The number of thioether (sulfide) groups is 1. The minimum atomic E-state index is -0.344. The van der Waals surface area contributed by atoms with Crippen LogP contribution in [-0.4, -0.2) is 32.3 Å². The van der Waals surface area contributed by atoms with Gasteiger partial charge in [-0.25, -0.2) is 0 Å². The number of nitrogens with zero attached hydrogens (tertiary/aromatic N) is 3. The van der Waals surface area contributed by atoms with Crippen LogP contribution in [0.1, 0.15) is 74.7 Å². The summed E-state index contributed by atoms with van der Waals surface area (Å²) in [5.41, 5.74) is 2.41. The maximum Gasteiger partial charge on any atom is 0.253 e. The van der Waals surface area contributed by atoms with Gasteiger partial charge in [-0.05, 0) is 55.0 Å². The lowest BCUT2D eigenvalue weighted by Crippen LogP contribution is -2.31. The average molecular weight is 528 g/mol. The predicted molar refractivity (Wildman–Crippen MR) is 147 cm³/mol. The van der Waals surface area contributed by atoms with Crippen molar-refractivity contribution < 1.29 is 9.59 Å². The number of benzene rings is 2. The Morgan fingerprint density at radius 1 is 1.03 bits per heavy atom. The summed E-state index contributed by atoms with van der Waals surface area (Å²) < 4.78 is 1.95. The van der Waals surface area contributed by atoms with E-state index in [-0.39, 0.29) is 23.6 Å². The molecule has 0 aliphatic heterocycles. The molecule has 0 radical (unpaired) electrons. The van der Waals surface area contributed by atoms with E-state index in [1.54, 1.807) is 24.3 Å². The number of hydrogen-bond donors (Lipinski definition) is 2. The van der Waals surface area contributed by atoms with Gasteiger partial charge >= 0.3 is 0 Å². The van der Waals surface area contributed by atoms with Crippen molar-refractivity contribution >= 4 is 40.9 Å². The second-order valence-electron chi connectivity index (χ2n) is 9.33. The van der Waals surface area contributed by atoms with Crippen molar-refractivity contribution in [3.8, 4) is 0 Å². The van der Waals surface area contributed by atoms with Crippen LogP contribution in [0.2, 0.25) is 5.02 Å². The van der Waals surface area contributed by atoms with Gasteiger partial charge in [0, 0.05) is 12.2 Å². The Hall–Kier alpha value is -2.84. The van der Waals surface area contributed by atoms with Gasteiger partial charge in [0.25, 0.3) is 5.91 Å². The van der Waals surface area contributed by atoms with Gasteiger partial charge in [-0.1, -0.05) is 75.3 Å². The average Bonchev–Trinajstić information content (AvgIpc) is 3.25. The highest BCUT2D eigenvalue weighted by Gasteiger charge is 2.25. The summed E-state index contributed by atoms with van der Waals surface area (Å²) in [6.07, 6.45) is 0.686. The lowest BCUT2D eigenvalue weighted by molar-refractivity contribution is -0.113. The SMILES string of the molecule is CCn1c(SCC(=O)Nc2ccc(C(C)C)cc2)nnc1[C@@H](CC(C)C)NC(=O)c1ccccc1Cl. The van der Waals surface area contributed by atoms with Gasteiger partial charge in [0.15, 0.2) is 11.0 Å². The molecule has 0 saturated heterocycles. The first-order valence-electron chi connectivity index (χ1n) is 12.2. The fraction of sp³-hybridized carbons (Fsp3) is 0.407. The molecule has 2 aromatic carbocycles. The number of hydrogen-bond acceptors (Lipinski definition) is 5. The summed E-state index contributed by atoms with van der Waals surface area (Å²) in [5.74, 6) is 1.25. The fourth-order valence-electron chi connectivity index (χ4n) is 3.82. The minimum Gasteiger partial charge on any atom is -0.342 e. The fourth-order valence-corrected chi connectivity index (χ4v) is 4.85. The van der Waals surface area contributed by atoms with Crippen LogP contribution >= 0.6 is 23.4 Å². The normalized spacial score (nSPS) is 12.1. The van der Waals surface area contributed by atoms with Crippen LogP contribution in [0.4, 0.5) is 5.69 Å². The van der Waals surface area contributed by atoms with E-state index in [0.717, 1.165) is 5.69 Å². The van der Waals surface area contributed by atoms with Crippen molar-refractivity contribution in [2.45, 2.75) is 64.7 Å². The Labute approximate surface area is 222 Å². The Bertz CT molecular complexity index is 1180. The van der Waals surface area contributed by atoms with E-state index in [9.17, 15) is 9.59 Å². The number of rotatable bonds is 11. The lowest BCUT2D eigenvalue weighted by Gasteiger charge is -2.21. The summed E-state index contributed by atoms with van der Waals surface area (Å²) in [6, 6.07) is 14.5. The molecule has 7 nitrogen and oxygen atoms in total. The Balaban J connectivity index is 1.70. The number of anilines is 1. The molecule has 3 rings (SSSR count). The maximum atomic E-state index is 13.0. The maximum absolute atomic E-state index is 13.0. The molecule has 1 heterocycles. The zero-order valence-electron chi connectivity index (χ0n) is 21.4. The third-order valence-electron chi connectivity index (χ3n) is 5.70. The van der Waals surface area contributed by atoms with Crippen molar-refractivity contribution in [3.05, 3.63) is 70.5 Å². The summed E-state index contributed by atoms with van der Waals surface area (Å²) in [6.45, 7) is 11.1. The van der Waals surface area contributed by atoms with Crippen LogP contribution in [0.25, 0.3) is 0 Å². The van der Waals surface area contributed by atoms with Crippen molar-refractivity contribution in [2.75, 3.05) is 11.1 Å². The third-order valence-corrected chi connectivity index (χ3v) is 6.99. The number of carbonyl (C=O) groups is 2.